The van der Waals surface area contributed by atoms with Crippen LogP contribution in [-0.2, 0) is 11.8 Å². The van der Waals surface area contributed by atoms with Crippen molar-refractivity contribution in [3.8, 4) is 17.6 Å². The smallest absolute Gasteiger partial charge is 0.357 e. The van der Waals surface area contributed by atoms with E-state index in [1.807, 2.05) is 12.1 Å². The normalized spacial score (nSPS) is 11.7. The minimum absolute atomic E-state index is 0.0375. The minimum atomic E-state index is -0.644. The van der Waals surface area contributed by atoms with Gasteiger partial charge in [-0.3, -0.25) is 4.79 Å². The van der Waals surface area contributed by atoms with E-state index in [2.05, 4.69) is 20.4 Å². The van der Waals surface area contributed by atoms with Gasteiger partial charge in [-0.05, 0) is 37.6 Å². The van der Waals surface area contributed by atoms with Crippen LogP contribution in [0.5, 0.6) is 11.9 Å². The molecule has 1 N–H and O–H groups in total. The summed E-state index contributed by atoms with van der Waals surface area (Å²) in [5.74, 6) is -0.479. The Labute approximate surface area is 234 Å². The average Bonchev–Trinajstić information content (AvgIpc) is 3.27. The molecule has 0 aliphatic carbocycles. The highest BCUT2D eigenvalue weighted by molar-refractivity contribution is 6.30. The van der Waals surface area contributed by atoms with Gasteiger partial charge in [0.25, 0.3) is 5.56 Å². The molecule has 0 radical (unpaired) electrons. The topological polar surface area (TPSA) is 122 Å². The van der Waals surface area contributed by atoms with Gasteiger partial charge in [0.15, 0.2) is 5.69 Å². The quantitative estimate of drug-likeness (QED) is 0.291. The molecule has 1 aromatic carbocycles. The van der Waals surface area contributed by atoms with Crippen LogP contribution in [0.1, 0.15) is 40.3 Å². The number of rotatable bonds is 9. The van der Waals surface area contributed by atoms with E-state index in [9.17, 15) is 9.59 Å². The van der Waals surface area contributed by atoms with Crippen molar-refractivity contribution < 1.29 is 19.0 Å². The van der Waals surface area contributed by atoms with E-state index in [1.54, 1.807) is 39.2 Å². The van der Waals surface area contributed by atoms with Gasteiger partial charge in [-0.2, -0.15) is 10.1 Å². The standard InChI is InChI=1S/C26H26Cl2N6O5/c1-6-39-25(36)22-20(14(2)32-34(22)19-12-29-26(38-5)31-23(19)37-4)21(15-7-9-16(27)10-8-15)30-17-11-18(28)24(35)33(3)13-17/h7-13,21,30H,6H2,1-5H3. The van der Waals surface area contributed by atoms with Crippen molar-refractivity contribution >= 4 is 34.9 Å². The number of carbonyl (C=O) groups excluding carboxylic acids is 1. The predicted molar refractivity (Wildman–Crippen MR) is 147 cm³/mol. The van der Waals surface area contributed by atoms with Crippen LogP contribution in [0.3, 0.4) is 0 Å². The number of carbonyl (C=O) groups is 1. The molecule has 4 aromatic rings. The van der Waals surface area contributed by atoms with E-state index >= 15 is 0 Å². The van der Waals surface area contributed by atoms with Gasteiger partial charge >= 0.3 is 12.0 Å². The molecule has 0 saturated carbocycles. The Kier molecular flexibility index (Phi) is 8.41. The lowest BCUT2D eigenvalue weighted by Gasteiger charge is -2.22. The van der Waals surface area contributed by atoms with Crippen molar-refractivity contribution in [1.82, 2.24) is 24.3 Å². The van der Waals surface area contributed by atoms with Crippen LogP contribution in [0.15, 0.2) is 47.5 Å². The molecule has 11 nitrogen and oxygen atoms in total. The zero-order valence-corrected chi connectivity index (χ0v) is 23.4. The number of esters is 1. The van der Waals surface area contributed by atoms with Crippen LogP contribution in [0.2, 0.25) is 10.0 Å². The van der Waals surface area contributed by atoms with E-state index in [1.165, 1.54) is 35.7 Å². The summed E-state index contributed by atoms with van der Waals surface area (Å²) < 4.78 is 18.8. The van der Waals surface area contributed by atoms with Crippen molar-refractivity contribution in [2.75, 3.05) is 26.1 Å². The number of nitrogens with zero attached hydrogens (tertiary/aromatic N) is 5. The summed E-state index contributed by atoms with van der Waals surface area (Å²) >= 11 is 12.4. The second kappa shape index (κ2) is 11.7. The molecule has 13 heteroatoms. The van der Waals surface area contributed by atoms with Crippen molar-refractivity contribution in [1.29, 1.82) is 0 Å². The first-order chi connectivity index (χ1) is 18.7. The maximum atomic E-state index is 13.5. The number of aromatic nitrogens is 5. The molecule has 0 fully saturated rings. The molecule has 3 aromatic heterocycles. The summed E-state index contributed by atoms with van der Waals surface area (Å²) in [6.07, 6.45) is 3.06. The monoisotopic (exact) mass is 572 g/mol. The molecular weight excluding hydrogens is 547 g/mol. The summed E-state index contributed by atoms with van der Waals surface area (Å²) in [5, 5.41) is 8.65. The second-order valence-electron chi connectivity index (χ2n) is 8.35. The van der Waals surface area contributed by atoms with Crippen molar-refractivity contribution in [2.24, 2.45) is 7.05 Å². The lowest BCUT2D eigenvalue weighted by atomic mass is 9.96. The molecule has 1 atom stereocenters. The highest BCUT2D eigenvalue weighted by Gasteiger charge is 2.32. The molecule has 204 valence electrons. The van der Waals surface area contributed by atoms with Crippen LogP contribution in [0.4, 0.5) is 5.69 Å². The summed E-state index contributed by atoms with van der Waals surface area (Å²) in [7, 11) is 4.47. The van der Waals surface area contributed by atoms with Crippen molar-refractivity contribution in [3.63, 3.8) is 0 Å². The third-order valence-electron chi connectivity index (χ3n) is 5.84. The lowest BCUT2D eigenvalue weighted by molar-refractivity contribution is 0.0514. The van der Waals surface area contributed by atoms with Gasteiger partial charge < -0.3 is 24.1 Å². The highest BCUT2D eigenvalue weighted by Crippen LogP contribution is 2.35. The molecule has 4 rings (SSSR count). The number of halogens is 2. The average molecular weight is 573 g/mol. The van der Waals surface area contributed by atoms with Gasteiger partial charge in [-0.15, -0.1) is 0 Å². The number of pyridine rings is 1. The Morgan fingerprint density at radius 3 is 2.49 bits per heavy atom. The van der Waals surface area contributed by atoms with E-state index in [0.29, 0.717) is 27.7 Å². The zero-order chi connectivity index (χ0) is 28.3. The molecule has 3 heterocycles. The van der Waals surface area contributed by atoms with Crippen LogP contribution >= 0.6 is 23.2 Å². The molecule has 39 heavy (non-hydrogen) atoms. The third kappa shape index (κ3) is 5.69. The fourth-order valence-corrected chi connectivity index (χ4v) is 4.46. The van der Waals surface area contributed by atoms with Gasteiger partial charge in [-0.25, -0.2) is 14.5 Å². The molecule has 0 bridgehead atoms. The maximum Gasteiger partial charge on any atom is 0.357 e. The van der Waals surface area contributed by atoms with E-state index in [4.69, 9.17) is 37.4 Å². The lowest BCUT2D eigenvalue weighted by Crippen LogP contribution is -2.22. The number of anilines is 1. The minimum Gasteiger partial charge on any atom is -0.479 e. The Bertz CT molecular complexity index is 1540. The molecule has 0 aliphatic rings. The molecule has 0 spiro atoms. The Hall–Kier alpha value is -4.09. The van der Waals surface area contributed by atoms with Crippen molar-refractivity contribution in [2.45, 2.75) is 19.9 Å². The molecule has 0 aliphatic heterocycles. The summed E-state index contributed by atoms with van der Waals surface area (Å²) in [4.78, 5) is 34.1. The fraction of sp³-hybridized carbons (Fsp3) is 0.269. The number of nitrogens with one attached hydrogen (secondary N) is 1. The number of hydrogen-bond acceptors (Lipinski definition) is 9. The van der Waals surface area contributed by atoms with E-state index in [-0.39, 0.29) is 34.8 Å². The summed E-state index contributed by atoms with van der Waals surface area (Å²) in [5.41, 5.74) is 2.41. The number of aryl methyl sites for hydroxylation is 2. The van der Waals surface area contributed by atoms with Gasteiger partial charge in [0.05, 0.1) is 44.4 Å². The van der Waals surface area contributed by atoms with Crippen LogP contribution in [0, 0.1) is 6.92 Å². The number of ether oxygens (including phenoxy) is 3. The van der Waals surface area contributed by atoms with Crippen LogP contribution in [0.25, 0.3) is 5.69 Å². The SMILES string of the molecule is CCOC(=O)c1c(C(Nc2cc(Cl)c(=O)n(C)c2)c2ccc(Cl)cc2)c(C)nn1-c1cnc(OC)nc1OC. The van der Waals surface area contributed by atoms with Crippen LogP contribution < -0.4 is 20.3 Å². The van der Waals surface area contributed by atoms with Gasteiger partial charge in [0.1, 0.15) is 10.7 Å². The first-order valence-corrected chi connectivity index (χ1v) is 12.5. The maximum absolute atomic E-state index is 13.5. The first-order valence-electron chi connectivity index (χ1n) is 11.8. The van der Waals surface area contributed by atoms with Gasteiger partial charge in [0, 0.05) is 23.8 Å². The number of benzene rings is 1. The van der Waals surface area contributed by atoms with Gasteiger partial charge in [0.2, 0.25) is 5.88 Å². The van der Waals surface area contributed by atoms with E-state index in [0.717, 1.165) is 5.56 Å². The number of methoxy groups -OCH3 is 2. The summed E-state index contributed by atoms with van der Waals surface area (Å²) in [6, 6.07) is 8.10. The Morgan fingerprint density at radius 2 is 1.87 bits per heavy atom. The fourth-order valence-electron chi connectivity index (χ4n) is 4.09. The largest absolute Gasteiger partial charge is 0.479 e. The molecule has 1 unspecified atom stereocenters. The van der Waals surface area contributed by atoms with Crippen LogP contribution in [-0.4, -0.2) is 51.1 Å². The van der Waals surface area contributed by atoms with Gasteiger partial charge in [-0.1, -0.05) is 35.3 Å². The highest BCUT2D eigenvalue weighted by atomic mass is 35.5. The third-order valence-corrected chi connectivity index (χ3v) is 6.36. The van der Waals surface area contributed by atoms with Crippen molar-refractivity contribution in [3.05, 3.63) is 85.6 Å². The molecule has 0 amide bonds. The Balaban J connectivity index is 1.98. The molecule has 0 saturated heterocycles. The number of hydrogen-bond donors (Lipinski definition) is 1. The first kappa shape index (κ1) is 27.9. The predicted octanol–water partition coefficient (Wildman–Crippen LogP) is 4.37. The second-order valence-corrected chi connectivity index (χ2v) is 9.20. The molecular formula is C26H26Cl2N6O5. The zero-order valence-electron chi connectivity index (χ0n) is 21.9. The summed E-state index contributed by atoms with van der Waals surface area (Å²) in [6.45, 7) is 3.61. The Morgan fingerprint density at radius 1 is 1.15 bits per heavy atom. The van der Waals surface area contributed by atoms with E-state index < -0.39 is 12.0 Å².